The van der Waals surface area contributed by atoms with Crippen LogP contribution in [0, 0.1) is 0 Å². The van der Waals surface area contributed by atoms with Crippen molar-refractivity contribution in [3.05, 3.63) is 24.3 Å². The molecule has 0 heterocycles. The topological polar surface area (TPSA) is 118 Å². The molecule has 0 rings (SSSR count). The SMILES string of the molecule is C=C(C)C(=O)OC.C=C(C)C(=O)OC.CC(=O)O.C[NH3+]. The molecule has 20 heavy (non-hydrogen) atoms. The van der Waals surface area contributed by atoms with Gasteiger partial charge in [-0.1, -0.05) is 13.2 Å². The maximum absolute atomic E-state index is 10.2. The van der Waals surface area contributed by atoms with E-state index in [2.05, 4.69) is 28.4 Å². The quantitative estimate of drug-likeness (QED) is 0.562. The second kappa shape index (κ2) is 19.2. The fourth-order valence-electron chi connectivity index (χ4n) is 0.348. The number of aliphatic carboxylic acids is 1. The normalized spacial score (nSPS) is 6.95. The number of hydrogen-bond donors (Lipinski definition) is 2. The highest BCUT2D eigenvalue weighted by Crippen LogP contribution is 1.87. The van der Waals surface area contributed by atoms with Crippen molar-refractivity contribution in [3.63, 3.8) is 0 Å². The van der Waals surface area contributed by atoms with Crippen molar-refractivity contribution in [2.45, 2.75) is 20.8 Å². The monoisotopic (exact) mass is 292 g/mol. The molecule has 0 aromatic carbocycles. The first kappa shape index (κ1) is 26.4. The van der Waals surface area contributed by atoms with Crippen LogP contribution >= 0.6 is 0 Å². The van der Waals surface area contributed by atoms with E-state index in [0.717, 1.165) is 6.92 Å². The number of carboxylic acids is 1. The summed E-state index contributed by atoms with van der Waals surface area (Å²) in [6.45, 7) is 11.0. The number of hydrogen-bond acceptors (Lipinski definition) is 5. The van der Waals surface area contributed by atoms with Crippen molar-refractivity contribution in [2.24, 2.45) is 0 Å². The number of methoxy groups -OCH3 is 2. The van der Waals surface area contributed by atoms with E-state index in [1.165, 1.54) is 14.2 Å². The average Bonchev–Trinajstić information content (AvgIpc) is 2.38. The molecule has 0 fully saturated rings. The van der Waals surface area contributed by atoms with Crippen LogP contribution in [0.3, 0.4) is 0 Å². The predicted octanol–water partition coefficient (Wildman–Crippen LogP) is 0.420. The summed E-state index contributed by atoms with van der Waals surface area (Å²) >= 11 is 0. The van der Waals surface area contributed by atoms with E-state index < -0.39 is 5.97 Å². The zero-order chi connectivity index (χ0) is 17.3. The molecule has 0 atom stereocenters. The van der Waals surface area contributed by atoms with Crippen molar-refractivity contribution in [1.29, 1.82) is 0 Å². The highest BCUT2D eigenvalue weighted by molar-refractivity contribution is 5.87. The third kappa shape index (κ3) is 36.0. The van der Waals surface area contributed by atoms with Gasteiger partial charge in [-0.15, -0.1) is 0 Å². The summed E-state index contributed by atoms with van der Waals surface area (Å²) in [6.07, 6.45) is 0. The lowest BCUT2D eigenvalue weighted by atomic mass is 10.4. The van der Waals surface area contributed by atoms with Gasteiger partial charge in [0.1, 0.15) is 0 Å². The van der Waals surface area contributed by atoms with Crippen LogP contribution in [0.2, 0.25) is 0 Å². The van der Waals surface area contributed by atoms with E-state index in [9.17, 15) is 9.59 Å². The van der Waals surface area contributed by atoms with Gasteiger partial charge in [0.25, 0.3) is 5.97 Å². The third-order valence-electron chi connectivity index (χ3n) is 1.07. The predicted molar refractivity (Wildman–Crippen MR) is 75.8 cm³/mol. The Balaban J connectivity index is -0.0000000933. The van der Waals surface area contributed by atoms with Gasteiger partial charge in [-0.25, -0.2) is 9.59 Å². The molecule has 0 aliphatic rings. The van der Waals surface area contributed by atoms with Crippen LogP contribution in [0.5, 0.6) is 0 Å². The van der Waals surface area contributed by atoms with Gasteiger partial charge in [-0.2, -0.15) is 0 Å². The van der Waals surface area contributed by atoms with Gasteiger partial charge < -0.3 is 20.3 Å². The lowest BCUT2D eigenvalue weighted by molar-refractivity contribution is -0.325. The number of carbonyl (C=O) groups excluding carboxylic acids is 2. The van der Waals surface area contributed by atoms with Gasteiger partial charge in [-0.3, -0.25) is 4.79 Å². The third-order valence-corrected chi connectivity index (χ3v) is 1.07. The smallest absolute Gasteiger partial charge is 0.332 e. The molecule has 0 radical (unpaired) electrons. The number of quaternary nitrogens is 1. The largest absolute Gasteiger partial charge is 0.481 e. The number of rotatable bonds is 2. The van der Waals surface area contributed by atoms with E-state index in [1.54, 1.807) is 20.9 Å². The first-order valence-electron chi connectivity index (χ1n) is 5.47. The standard InChI is InChI=1S/2C5H8O2.C2H4O2.CH5N/c2*1-4(2)5(6)7-3;1-2(3)4;1-2/h2*1H2,2-3H3;1H3,(H,3,4);2H2,1H3/p+1. The maximum atomic E-state index is 10.2. The van der Waals surface area contributed by atoms with Gasteiger partial charge in [0.2, 0.25) is 0 Å². The Bertz CT molecular complexity index is 293. The Morgan fingerprint density at radius 2 is 1.00 bits per heavy atom. The molecule has 0 aromatic heterocycles. The van der Waals surface area contributed by atoms with Gasteiger partial charge in [-0.05, 0) is 13.8 Å². The molecule has 7 nitrogen and oxygen atoms in total. The van der Waals surface area contributed by atoms with Crippen molar-refractivity contribution >= 4 is 17.9 Å². The molecule has 0 amide bonds. The number of esters is 2. The Morgan fingerprint density at radius 3 is 1.00 bits per heavy atom. The van der Waals surface area contributed by atoms with E-state index in [0.29, 0.717) is 11.1 Å². The first-order valence-corrected chi connectivity index (χ1v) is 5.47. The van der Waals surface area contributed by atoms with Gasteiger partial charge in [0.15, 0.2) is 0 Å². The second-order valence-electron chi connectivity index (χ2n) is 3.06. The summed E-state index contributed by atoms with van der Waals surface area (Å²) in [7, 11) is 4.41. The summed E-state index contributed by atoms with van der Waals surface area (Å²) in [5.74, 6) is -1.53. The Hall–Kier alpha value is -2.15. The Labute approximate surface area is 120 Å². The zero-order valence-electron chi connectivity index (χ0n) is 13.1. The second-order valence-corrected chi connectivity index (χ2v) is 3.06. The first-order chi connectivity index (χ1) is 9.09. The molecule has 4 N–H and O–H groups in total. The van der Waals surface area contributed by atoms with E-state index in [1.807, 2.05) is 0 Å². The molecule has 0 aliphatic heterocycles. The molecule has 0 aromatic rings. The summed E-state index contributed by atoms with van der Waals surface area (Å²) < 4.78 is 8.55. The van der Waals surface area contributed by atoms with E-state index >= 15 is 0 Å². The highest BCUT2D eigenvalue weighted by atomic mass is 16.5. The molecular weight excluding hydrogens is 266 g/mol. The summed E-state index contributed by atoms with van der Waals surface area (Å²) in [5, 5.41) is 7.42. The minimum Gasteiger partial charge on any atom is -0.481 e. The number of carbonyl (C=O) groups is 3. The molecule has 118 valence electrons. The van der Waals surface area contributed by atoms with Crippen LogP contribution in [0.15, 0.2) is 24.3 Å². The van der Waals surface area contributed by atoms with Crippen LogP contribution in [0.4, 0.5) is 0 Å². The van der Waals surface area contributed by atoms with Crippen LogP contribution in [0.1, 0.15) is 20.8 Å². The minimum atomic E-state index is -0.833. The van der Waals surface area contributed by atoms with Gasteiger partial charge in [0, 0.05) is 18.1 Å². The molecule has 7 heteroatoms. The van der Waals surface area contributed by atoms with Gasteiger partial charge in [0.05, 0.1) is 21.3 Å². The van der Waals surface area contributed by atoms with Crippen LogP contribution in [-0.4, -0.2) is 44.3 Å². The fraction of sp³-hybridized carbons (Fsp3) is 0.462. The van der Waals surface area contributed by atoms with Crippen molar-refractivity contribution in [2.75, 3.05) is 21.3 Å². The number of carboxylic acid groups (broad SMARTS) is 1. The van der Waals surface area contributed by atoms with Gasteiger partial charge >= 0.3 is 11.9 Å². The Kier molecular flexibility index (Phi) is 25.4. The van der Waals surface area contributed by atoms with Crippen LogP contribution in [0.25, 0.3) is 0 Å². The van der Waals surface area contributed by atoms with Crippen LogP contribution < -0.4 is 5.73 Å². The maximum Gasteiger partial charge on any atom is 0.332 e. The van der Waals surface area contributed by atoms with Crippen molar-refractivity contribution in [1.82, 2.24) is 0 Å². The van der Waals surface area contributed by atoms with Crippen LogP contribution in [-0.2, 0) is 23.9 Å². The van der Waals surface area contributed by atoms with Crippen molar-refractivity contribution < 1.29 is 34.7 Å². The molecule has 0 spiro atoms. The summed E-state index contributed by atoms with van der Waals surface area (Å²) in [5.41, 5.74) is 4.12. The number of ether oxygens (including phenoxy) is 2. The lowest BCUT2D eigenvalue weighted by Gasteiger charge is -1.91. The lowest BCUT2D eigenvalue weighted by Crippen LogP contribution is -2.40. The Morgan fingerprint density at radius 1 is 0.850 bits per heavy atom. The summed E-state index contributed by atoms with van der Waals surface area (Å²) in [6, 6.07) is 0. The summed E-state index contributed by atoms with van der Waals surface area (Å²) in [4.78, 5) is 29.4. The molecule has 0 saturated carbocycles. The van der Waals surface area contributed by atoms with Crippen molar-refractivity contribution in [3.8, 4) is 0 Å². The fourth-order valence-corrected chi connectivity index (χ4v) is 0.348. The zero-order valence-corrected chi connectivity index (χ0v) is 13.1. The van der Waals surface area contributed by atoms with E-state index in [4.69, 9.17) is 9.90 Å². The molecule has 0 bridgehead atoms. The van der Waals surface area contributed by atoms with E-state index in [-0.39, 0.29) is 11.9 Å². The minimum absolute atomic E-state index is 0.347. The molecular formula is C13H26NO6+. The molecule has 0 saturated heterocycles. The molecule has 0 unspecified atom stereocenters. The average molecular weight is 292 g/mol. The highest BCUT2D eigenvalue weighted by Gasteiger charge is 1.96. The molecule has 0 aliphatic carbocycles.